The van der Waals surface area contributed by atoms with Gasteiger partial charge in [-0.05, 0) is 46.4 Å². The zero-order chi connectivity index (χ0) is 9.84. The summed E-state index contributed by atoms with van der Waals surface area (Å²) in [5.41, 5.74) is 0.801. The van der Waals surface area contributed by atoms with Crippen molar-refractivity contribution in [2.75, 3.05) is 5.88 Å². The third-order valence-electron chi connectivity index (χ3n) is 1.49. The lowest BCUT2D eigenvalue weighted by molar-refractivity contribution is -0.116. The van der Waals surface area contributed by atoms with E-state index >= 15 is 0 Å². The van der Waals surface area contributed by atoms with Gasteiger partial charge < -0.3 is 5.11 Å². The maximum atomic E-state index is 11.0. The molecule has 0 fully saturated rings. The SMILES string of the molecule is O=C(CCl)Cc1cc(O)cc(I)c1. The largest absolute Gasteiger partial charge is 0.508 e. The van der Waals surface area contributed by atoms with Crippen LogP contribution < -0.4 is 0 Å². The number of benzene rings is 1. The molecule has 0 aliphatic rings. The number of rotatable bonds is 3. The minimum atomic E-state index is -0.0388. The quantitative estimate of drug-likeness (QED) is 0.687. The van der Waals surface area contributed by atoms with Gasteiger partial charge in [0.15, 0.2) is 5.78 Å². The van der Waals surface area contributed by atoms with Crippen LogP contribution in [0.5, 0.6) is 5.75 Å². The number of phenolic OH excluding ortho intramolecular Hbond substituents is 1. The average Bonchev–Trinajstić information content (AvgIpc) is 2.02. The molecule has 0 atom stereocenters. The summed E-state index contributed by atoms with van der Waals surface area (Å²) >= 11 is 7.45. The van der Waals surface area contributed by atoms with E-state index in [1.54, 1.807) is 12.1 Å². The molecule has 2 nitrogen and oxygen atoms in total. The van der Waals surface area contributed by atoms with Gasteiger partial charge in [-0.25, -0.2) is 0 Å². The fourth-order valence-corrected chi connectivity index (χ4v) is 1.82. The van der Waals surface area contributed by atoms with Crippen LogP contribution in [-0.4, -0.2) is 16.8 Å². The molecule has 0 aromatic heterocycles. The lowest BCUT2D eigenvalue weighted by atomic mass is 10.1. The zero-order valence-corrected chi connectivity index (χ0v) is 9.67. The number of ketones is 1. The first kappa shape index (κ1) is 10.8. The van der Waals surface area contributed by atoms with Crippen molar-refractivity contribution in [2.45, 2.75) is 6.42 Å². The van der Waals surface area contributed by atoms with Crippen molar-refractivity contribution in [1.82, 2.24) is 0 Å². The van der Waals surface area contributed by atoms with Crippen molar-refractivity contribution >= 4 is 40.0 Å². The second-order valence-corrected chi connectivity index (χ2v) is 4.18. The second-order valence-electron chi connectivity index (χ2n) is 2.67. The van der Waals surface area contributed by atoms with Crippen molar-refractivity contribution < 1.29 is 9.90 Å². The summed E-state index contributed by atoms with van der Waals surface area (Å²) in [6, 6.07) is 5.06. The van der Waals surface area contributed by atoms with Gasteiger partial charge in [-0.2, -0.15) is 0 Å². The Labute approximate surface area is 95.0 Å². The molecule has 0 spiro atoms. The molecular formula is C9H8ClIO2. The van der Waals surface area contributed by atoms with Gasteiger partial charge in [0.05, 0.1) is 5.88 Å². The van der Waals surface area contributed by atoms with E-state index in [1.807, 2.05) is 6.07 Å². The first-order valence-electron chi connectivity index (χ1n) is 3.68. The number of phenols is 1. The van der Waals surface area contributed by atoms with Crippen LogP contribution in [0.4, 0.5) is 0 Å². The first-order chi connectivity index (χ1) is 6.11. The van der Waals surface area contributed by atoms with Crippen LogP contribution >= 0.6 is 34.2 Å². The maximum absolute atomic E-state index is 11.0. The average molecular weight is 311 g/mol. The zero-order valence-electron chi connectivity index (χ0n) is 6.76. The predicted octanol–water partition coefficient (Wildman–Crippen LogP) is 2.35. The highest BCUT2D eigenvalue weighted by Crippen LogP contribution is 2.17. The van der Waals surface area contributed by atoms with Crippen LogP contribution in [0.1, 0.15) is 5.56 Å². The van der Waals surface area contributed by atoms with Crippen molar-refractivity contribution in [3.8, 4) is 5.75 Å². The van der Waals surface area contributed by atoms with E-state index in [0.29, 0.717) is 0 Å². The highest BCUT2D eigenvalue weighted by atomic mass is 127. The molecule has 0 heterocycles. The Morgan fingerprint density at radius 1 is 1.46 bits per heavy atom. The molecule has 70 valence electrons. The Morgan fingerprint density at radius 3 is 2.69 bits per heavy atom. The van der Waals surface area contributed by atoms with E-state index < -0.39 is 0 Å². The number of hydrogen-bond acceptors (Lipinski definition) is 2. The number of carbonyl (C=O) groups is 1. The second kappa shape index (κ2) is 4.81. The Bertz CT molecular complexity index is 305. The fraction of sp³-hybridized carbons (Fsp3) is 0.222. The predicted molar refractivity (Wildman–Crippen MR) is 60.3 cm³/mol. The van der Waals surface area contributed by atoms with Gasteiger partial charge in [0.25, 0.3) is 0 Å². The maximum Gasteiger partial charge on any atom is 0.151 e. The molecule has 0 unspecified atom stereocenters. The molecule has 0 aliphatic carbocycles. The molecule has 0 bridgehead atoms. The van der Waals surface area contributed by atoms with E-state index in [4.69, 9.17) is 11.6 Å². The third-order valence-corrected chi connectivity index (χ3v) is 2.41. The molecule has 4 heteroatoms. The van der Waals surface area contributed by atoms with E-state index in [2.05, 4.69) is 22.6 Å². The molecule has 13 heavy (non-hydrogen) atoms. The molecular weight excluding hydrogens is 302 g/mol. The van der Waals surface area contributed by atoms with Gasteiger partial charge in [0.1, 0.15) is 5.75 Å². The summed E-state index contributed by atoms with van der Waals surface area (Å²) in [6.07, 6.45) is 0.286. The summed E-state index contributed by atoms with van der Waals surface area (Å²) in [5, 5.41) is 9.23. The van der Waals surface area contributed by atoms with Crippen molar-refractivity contribution in [3.05, 3.63) is 27.3 Å². The standard InChI is InChI=1S/C9H8ClIO2/c10-5-9(13)3-6-1-7(11)4-8(12)2-6/h1-2,4,12H,3,5H2. The molecule has 1 rings (SSSR count). The van der Waals surface area contributed by atoms with Crippen LogP contribution in [0.3, 0.4) is 0 Å². The number of carbonyl (C=O) groups excluding carboxylic acids is 1. The number of Topliss-reactive ketones (excluding diaryl/α,β-unsaturated/α-hetero) is 1. The molecule has 1 aromatic carbocycles. The van der Waals surface area contributed by atoms with Crippen LogP contribution in [0.2, 0.25) is 0 Å². The monoisotopic (exact) mass is 310 g/mol. The summed E-state index contributed by atoms with van der Waals surface area (Å²) in [7, 11) is 0. The molecule has 0 aliphatic heterocycles. The van der Waals surface area contributed by atoms with Gasteiger partial charge in [0.2, 0.25) is 0 Å². The molecule has 1 aromatic rings. The Hall–Kier alpha value is -0.290. The van der Waals surface area contributed by atoms with Crippen LogP contribution in [0.25, 0.3) is 0 Å². The minimum Gasteiger partial charge on any atom is -0.508 e. The van der Waals surface area contributed by atoms with Gasteiger partial charge in [0, 0.05) is 9.99 Å². The van der Waals surface area contributed by atoms with E-state index in [-0.39, 0.29) is 23.8 Å². The fourth-order valence-electron chi connectivity index (χ4n) is 1.01. The van der Waals surface area contributed by atoms with Crippen molar-refractivity contribution in [2.24, 2.45) is 0 Å². The smallest absolute Gasteiger partial charge is 0.151 e. The van der Waals surface area contributed by atoms with Gasteiger partial charge in [-0.1, -0.05) is 0 Å². The normalized spacial score (nSPS) is 10.0. The van der Waals surface area contributed by atoms with Crippen molar-refractivity contribution in [3.63, 3.8) is 0 Å². The van der Waals surface area contributed by atoms with E-state index in [0.717, 1.165) is 9.13 Å². The van der Waals surface area contributed by atoms with Crippen LogP contribution in [0.15, 0.2) is 18.2 Å². The highest BCUT2D eigenvalue weighted by Gasteiger charge is 2.03. The summed E-state index contributed by atoms with van der Waals surface area (Å²) in [4.78, 5) is 11.0. The molecule has 1 N–H and O–H groups in total. The number of halogens is 2. The molecule has 0 saturated carbocycles. The number of hydrogen-bond donors (Lipinski definition) is 1. The number of aromatic hydroxyl groups is 1. The Morgan fingerprint density at radius 2 is 2.15 bits per heavy atom. The third kappa shape index (κ3) is 3.52. The first-order valence-corrected chi connectivity index (χ1v) is 5.29. The van der Waals surface area contributed by atoms with Gasteiger partial charge in [-0.15, -0.1) is 11.6 Å². The van der Waals surface area contributed by atoms with Crippen molar-refractivity contribution in [1.29, 1.82) is 0 Å². The molecule has 0 radical (unpaired) electrons. The van der Waals surface area contributed by atoms with Gasteiger partial charge in [-0.3, -0.25) is 4.79 Å². The summed E-state index contributed by atoms with van der Waals surface area (Å²) in [5.74, 6) is 0.166. The number of alkyl halides is 1. The Kier molecular flexibility index (Phi) is 3.99. The summed E-state index contributed by atoms with van der Waals surface area (Å²) < 4.78 is 0.912. The highest BCUT2D eigenvalue weighted by molar-refractivity contribution is 14.1. The topological polar surface area (TPSA) is 37.3 Å². The Balaban J connectivity index is 2.83. The van der Waals surface area contributed by atoms with Gasteiger partial charge >= 0.3 is 0 Å². The van der Waals surface area contributed by atoms with E-state index in [1.165, 1.54) is 0 Å². The van der Waals surface area contributed by atoms with Crippen LogP contribution in [0, 0.1) is 3.57 Å². The molecule has 0 amide bonds. The lowest BCUT2D eigenvalue weighted by Gasteiger charge is -2.00. The summed E-state index contributed by atoms with van der Waals surface area (Å²) in [6.45, 7) is 0. The molecule has 0 saturated heterocycles. The van der Waals surface area contributed by atoms with Crippen LogP contribution in [-0.2, 0) is 11.2 Å². The lowest BCUT2D eigenvalue weighted by Crippen LogP contribution is -2.03. The minimum absolute atomic E-state index is 0.0201. The van der Waals surface area contributed by atoms with E-state index in [9.17, 15) is 9.90 Å².